The Bertz CT molecular complexity index is 642. The smallest absolute Gasteiger partial charge is 0.270 e. The Morgan fingerprint density at radius 3 is 2.52 bits per heavy atom. The summed E-state index contributed by atoms with van der Waals surface area (Å²) in [5.41, 5.74) is 0.591. The van der Waals surface area contributed by atoms with Gasteiger partial charge in [-0.3, -0.25) is 14.3 Å². The van der Waals surface area contributed by atoms with Crippen LogP contribution in [0.3, 0.4) is 0 Å². The number of hydrogen-bond acceptors (Lipinski definition) is 3. The molecular formula is C16H21N5O2. The van der Waals surface area contributed by atoms with E-state index in [9.17, 15) is 9.59 Å². The fourth-order valence-electron chi connectivity index (χ4n) is 2.91. The highest BCUT2D eigenvalue weighted by Gasteiger charge is 2.29. The van der Waals surface area contributed by atoms with E-state index < -0.39 is 0 Å². The fourth-order valence-corrected chi connectivity index (χ4v) is 2.91. The molecule has 122 valence electrons. The highest BCUT2D eigenvalue weighted by molar-refractivity contribution is 5.92. The van der Waals surface area contributed by atoms with Crippen molar-refractivity contribution in [1.29, 1.82) is 0 Å². The van der Waals surface area contributed by atoms with Crippen molar-refractivity contribution in [2.75, 3.05) is 26.2 Å². The topological polar surface area (TPSA) is 74.2 Å². The second kappa shape index (κ2) is 6.68. The molecule has 0 bridgehead atoms. The molecule has 1 aliphatic rings. The van der Waals surface area contributed by atoms with Gasteiger partial charge in [-0.15, -0.1) is 0 Å². The molecule has 23 heavy (non-hydrogen) atoms. The number of nitrogens with zero attached hydrogens (tertiary/aromatic N) is 4. The van der Waals surface area contributed by atoms with E-state index in [-0.39, 0.29) is 17.9 Å². The summed E-state index contributed by atoms with van der Waals surface area (Å²) >= 11 is 0. The monoisotopic (exact) mass is 315 g/mol. The summed E-state index contributed by atoms with van der Waals surface area (Å²) in [7, 11) is 0. The zero-order valence-corrected chi connectivity index (χ0v) is 13.2. The predicted molar refractivity (Wildman–Crippen MR) is 84.8 cm³/mol. The molecule has 7 heteroatoms. The number of carbonyl (C=O) groups excluding carboxylic acids is 2. The van der Waals surface area contributed by atoms with Gasteiger partial charge in [0.1, 0.15) is 11.7 Å². The maximum atomic E-state index is 12.7. The zero-order chi connectivity index (χ0) is 16.2. The molecule has 0 aromatic carbocycles. The molecule has 2 aromatic rings. The van der Waals surface area contributed by atoms with Crippen LogP contribution in [0.5, 0.6) is 0 Å². The van der Waals surface area contributed by atoms with Crippen LogP contribution in [0.2, 0.25) is 0 Å². The van der Waals surface area contributed by atoms with Gasteiger partial charge >= 0.3 is 0 Å². The van der Waals surface area contributed by atoms with Crippen LogP contribution in [-0.4, -0.2) is 62.6 Å². The van der Waals surface area contributed by atoms with Crippen LogP contribution >= 0.6 is 0 Å². The van der Waals surface area contributed by atoms with Crippen molar-refractivity contribution >= 4 is 11.8 Å². The number of hydrogen-bond donors (Lipinski definition) is 1. The number of rotatable bonds is 4. The standard InChI is InChI=1S/C16H21N5O2/c1-2-14(21-8-4-7-18-21)16(23)20-11-9-19(10-12-20)15(22)13-5-3-6-17-13/h3-8,14,17H,2,9-12H2,1H3/t14-/m1/s1. The molecule has 0 aliphatic carbocycles. The Morgan fingerprint density at radius 2 is 1.96 bits per heavy atom. The van der Waals surface area contributed by atoms with Gasteiger partial charge in [-0.25, -0.2) is 0 Å². The lowest BCUT2D eigenvalue weighted by molar-refractivity contribution is -0.136. The summed E-state index contributed by atoms with van der Waals surface area (Å²) in [6.07, 6.45) is 5.94. The lowest BCUT2D eigenvalue weighted by Crippen LogP contribution is -2.52. The Balaban J connectivity index is 1.60. The third-order valence-electron chi connectivity index (χ3n) is 4.22. The van der Waals surface area contributed by atoms with Gasteiger partial charge < -0.3 is 14.8 Å². The third-order valence-corrected chi connectivity index (χ3v) is 4.22. The van der Waals surface area contributed by atoms with Crippen molar-refractivity contribution in [1.82, 2.24) is 24.6 Å². The average Bonchev–Trinajstić information content (AvgIpc) is 3.29. The molecule has 0 saturated carbocycles. The SMILES string of the molecule is CC[C@H](C(=O)N1CCN(C(=O)c2ccc[nH]2)CC1)n1cccn1. The van der Waals surface area contributed by atoms with Crippen LogP contribution < -0.4 is 0 Å². The first-order valence-corrected chi connectivity index (χ1v) is 7.91. The highest BCUT2D eigenvalue weighted by atomic mass is 16.2. The van der Waals surface area contributed by atoms with E-state index in [1.54, 1.807) is 28.0 Å². The number of nitrogens with one attached hydrogen (secondary N) is 1. The Hall–Kier alpha value is -2.57. The summed E-state index contributed by atoms with van der Waals surface area (Å²) in [5.74, 6) is 0.0596. The van der Waals surface area contributed by atoms with Crippen molar-refractivity contribution in [3.05, 3.63) is 42.5 Å². The van der Waals surface area contributed by atoms with E-state index in [1.165, 1.54) is 0 Å². The van der Waals surface area contributed by atoms with Gasteiger partial charge in [-0.2, -0.15) is 5.10 Å². The van der Waals surface area contributed by atoms with Gasteiger partial charge in [0.2, 0.25) is 5.91 Å². The molecule has 0 unspecified atom stereocenters. The molecule has 1 aliphatic heterocycles. The third kappa shape index (κ3) is 3.13. The van der Waals surface area contributed by atoms with E-state index in [0.29, 0.717) is 38.3 Å². The number of H-pyrrole nitrogens is 1. The van der Waals surface area contributed by atoms with Crippen LogP contribution in [0.25, 0.3) is 0 Å². The van der Waals surface area contributed by atoms with E-state index in [2.05, 4.69) is 10.1 Å². The van der Waals surface area contributed by atoms with E-state index in [0.717, 1.165) is 0 Å². The summed E-state index contributed by atoms with van der Waals surface area (Å²) in [6.45, 7) is 4.21. The normalized spacial score (nSPS) is 16.4. The lowest BCUT2D eigenvalue weighted by Gasteiger charge is -2.36. The van der Waals surface area contributed by atoms with Gasteiger partial charge in [0, 0.05) is 44.8 Å². The van der Waals surface area contributed by atoms with Gasteiger partial charge in [0.15, 0.2) is 0 Å². The summed E-state index contributed by atoms with van der Waals surface area (Å²) in [6, 6.07) is 5.13. The lowest BCUT2D eigenvalue weighted by atomic mass is 10.1. The Labute approximate surface area is 134 Å². The molecule has 0 radical (unpaired) electrons. The number of amides is 2. The molecule has 3 heterocycles. The van der Waals surface area contributed by atoms with Gasteiger partial charge in [0.25, 0.3) is 5.91 Å². The first-order valence-electron chi connectivity index (χ1n) is 7.91. The summed E-state index contributed by atoms with van der Waals surface area (Å²) < 4.78 is 1.71. The van der Waals surface area contributed by atoms with Crippen LogP contribution in [0.1, 0.15) is 29.9 Å². The van der Waals surface area contributed by atoms with Crippen molar-refractivity contribution in [2.45, 2.75) is 19.4 Å². The van der Waals surface area contributed by atoms with Crippen LogP contribution in [0.4, 0.5) is 0 Å². The minimum atomic E-state index is -0.268. The predicted octanol–water partition coefficient (Wildman–Crippen LogP) is 1.15. The second-order valence-corrected chi connectivity index (χ2v) is 5.61. The minimum Gasteiger partial charge on any atom is -0.357 e. The highest BCUT2D eigenvalue weighted by Crippen LogP contribution is 2.16. The molecule has 1 atom stereocenters. The molecule has 1 fully saturated rings. The zero-order valence-electron chi connectivity index (χ0n) is 13.2. The second-order valence-electron chi connectivity index (χ2n) is 5.61. The number of carbonyl (C=O) groups is 2. The average molecular weight is 315 g/mol. The number of aromatic amines is 1. The molecule has 7 nitrogen and oxygen atoms in total. The van der Waals surface area contributed by atoms with Crippen LogP contribution in [0, 0.1) is 0 Å². The minimum absolute atomic E-state index is 0.0128. The largest absolute Gasteiger partial charge is 0.357 e. The first-order chi connectivity index (χ1) is 11.2. The van der Waals surface area contributed by atoms with Crippen LogP contribution in [0.15, 0.2) is 36.8 Å². The van der Waals surface area contributed by atoms with Crippen LogP contribution in [-0.2, 0) is 4.79 Å². The summed E-state index contributed by atoms with van der Waals surface area (Å²) in [5, 5.41) is 4.18. The quantitative estimate of drug-likeness (QED) is 0.919. The number of aromatic nitrogens is 3. The Morgan fingerprint density at radius 1 is 1.22 bits per heavy atom. The maximum absolute atomic E-state index is 12.7. The molecular weight excluding hydrogens is 294 g/mol. The van der Waals surface area contributed by atoms with Gasteiger partial charge in [-0.05, 0) is 24.6 Å². The van der Waals surface area contributed by atoms with E-state index in [4.69, 9.17) is 0 Å². The Kier molecular flexibility index (Phi) is 4.45. The van der Waals surface area contributed by atoms with Crippen molar-refractivity contribution < 1.29 is 9.59 Å². The van der Waals surface area contributed by atoms with Crippen molar-refractivity contribution in [3.63, 3.8) is 0 Å². The van der Waals surface area contributed by atoms with Gasteiger partial charge in [-0.1, -0.05) is 6.92 Å². The summed E-state index contributed by atoms with van der Waals surface area (Å²) in [4.78, 5) is 31.5. The molecule has 3 rings (SSSR count). The fraction of sp³-hybridized carbons (Fsp3) is 0.438. The van der Waals surface area contributed by atoms with E-state index in [1.807, 2.05) is 30.2 Å². The van der Waals surface area contributed by atoms with E-state index >= 15 is 0 Å². The van der Waals surface area contributed by atoms with Crippen molar-refractivity contribution in [3.8, 4) is 0 Å². The molecule has 2 aromatic heterocycles. The van der Waals surface area contributed by atoms with Gasteiger partial charge in [0.05, 0.1) is 0 Å². The first kappa shape index (κ1) is 15.3. The number of piperazine rings is 1. The van der Waals surface area contributed by atoms with Crippen molar-refractivity contribution in [2.24, 2.45) is 0 Å². The molecule has 1 saturated heterocycles. The molecule has 2 amide bonds. The maximum Gasteiger partial charge on any atom is 0.270 e. The molecule has 1 N–H and O–H groups in total. The molecule has 0 spiro atoms.